The van der Waals surface area contributed by atoms with Crippen molar-refractivity contribution in [2.24, 2.45) is 0 Å². The Bertz CT molecular complexity index is 392. The van der Waals surface area contributed by atoms with Gasteiger partial charge in [0, 0.05) is 6.20 Å². The zero-order valence-corrected chi connectivity index (χ0v) is 6.71. The Hall–Kier alpha value is -1.38. The fourth-order valence-corrected chi connectivity index (χ4v) is 1.17. The average Bonchev–Trinajstić information content (AvgIpc) is 2.49. The molecule has 0 saturated heterocycles. The van der Waals surface area contributed by atoms with Crippen LogP contribution in [0.5, 0.6) is 0 Å². The maximum atomic E-state index is 12.8. The first-order valence-electron chi connectivity index (χ1n) is 3.85. The number of nitrogens with one attached hydrogen (secondary N) is 1. The quantitative estimate of drug-likeness (QED) is 0.689. The van der Waals surface area contributed by atoms with Crippen LogP contribution >= 0.6 is 0 Å². The normalized spacial score (nSPS) is 13.5. The van der Waals surface area contributed by atoms with E-state index in [0.717, 1.165) is 11.0 Å². The van der Waals surface area contributed by atoms with Gasteiger partial charge < -0.3 is 4.98 Å². The second-order valence-corrected chi connectivity index (χ2v) is 2.76. The summed E-state index contributed by atoms with van der Waals surface area (Å²) >= 11 is 0. The van der Waals surface area contributed by atoms with Crippen molar-refractivity contribution >= 4 is 11.0 Å². The van der Waals surface area contributed by atoms with Crippen LogP contribution in [0.2, 0.25) is 0 Å². The summed E-state index contributed by atoms with van der Waals surface area (Å²) in [5, 5.41) is 0. The molecule has 0 spiro atoms. The summed E-state index contributed by atoms with van der Waals surface area (Å²) in [6.45, 7) is 1.49. The fraction of sp³-hybridized carbons (Fsp3) is 0.222. The molecule has 0 aliphatic heterocycles. The van der Waals surface area contributed by atoms with Gasteiger partial charge in [-0.15, -0.1) is 0 Å². The number of hydrogen-bond acceptors (Lipinski definition) is 1. The molecule has 0 saturated carbocycles. The molecule has 2 nitrogen and oxygen atoms in total. The van der Waals surface area contributed by atoms with E-state index in [2.05, 4.69) is 9.97 Å². The molecule has 0 amide bonds. The van der Waals surface area contributed by atoms with Crippen molar-refractivity contribution < 1.29 is 4.39 Å². The standard InChI is InChI=1S/C9H9FN2/c1-6(10)7-2-3-8-9(12-7)4-5-11-8/h2-6,11H,1H3. The highest BCUT2D eigenvalue weighted by Crippen LogP contribution is 2.17. The summed E-state index contributed by atoms with van der Waals surface area (Å²) in [5.74, 6) is 0. The third-order valence-corrected chi connectivity index (χ3v) is 1.83. The number of alkyl halides is 1. The van der Waals surface area contributed by atoms with E-state index < -0.39 is 6.17 Å². The van der Waals surface area contributed by atoms with Crippen molar-refractivity contribution in [3.63, 3.8) is 0 Å². The molecule has 2 rings (SSSR count). The lowest BCUT2D eigenvalue weighted by atomic mass is 10.2. The van der Waals surface area contributed by atoms with Crippen LogP contribution in [-0.2, 0) is 0 Å². The highest BCUT2D eigenvalue weighted by Gasteiger charge is 2.04. The minimum atomic E-state index is -0.996. The van der Waals surface area contributed by atoms with Crippen LogP contribution in [0.15, 0.2) is 24.4 Å². The SMILES string of the molecule is CC(F)c1ccc2[nH]ccc2n1. The number of hydrogen-bond donors (Lipinski definition) is 1. The summed E-state index contributed by atoms with van der Waals surface area (Å²) in [5.41, 5.74) is 2.25. The lowest BCUT2D eigenvalue weighted by Crippen LogP contribution is -1.89. The zero-order valence-electron chi connectivity index (χ0n) is 6.71. The van der Waals surface area contributed by atoms with E-state index >= 15 is 0 Å². The minimum absolute atomic E-state index is 0.488. The predicted molar refractivity (Wildman–Crippen MR) is 45.6 cm³/mol. The smallest absolute Gasteiger partial charge is 0.139 e. The van der Waals surface area contributed by atoms with Gasteiger partial charge in [0.05, 0.1) is 16.7 Å². The monoisotopic (exact) mass is 164 g/mol. The fourth-order valence-electron chi connectivity index (χ4n) is 1.17. The first-order valence-corrected chi connectivity index (χ1v) is 3.85. The molecule has 1 atom stereocenters. The molecule has 0 aromatic carbocycles. The molecule has 0 radical (unpaired) electrons. The summed E-state index contributed by atoms with van der Waals surface area (Å²) in [6.07, 6.45) is 0.800. The molecule has 0 fully saturated rings. The van der Waals surface area contributed by atoms with Gasteiger partial charge in [-0.25, -0.2) is 9.37 Å². The van der Waals surface area contributed by atoms with Gasteiger partial charge in [0.25, 0.3) is 0 Å². The molecule has 3 heteroatoms. The van der Waals surface area contributed by atoms with Gasteiger partial charge in [0.2, 0.25) is 0 Å². The first kappa shape index (κ1) is 7.28. The molecule has 2 aromatic rings. The lowest BCUT2D eigenvalue weighted by molar-refractivity contribution is 0.366. The van der Waals surface area contributed by atoms with Gasteiger partial charge in [-0.05, 0) is 25.1 Å². The average molecular weight is 164 g/mol. The minimum Gasteiger partial charge on any atom is -0.360 e. The van der Waals surface area contributed by atoms with E-state index in [-0.39, 0.29) is 0 Å². The van der Waals surface area contributed by atoms with E-state index in [1.165, 1.54) is 6.92 Å². The van der Waals surface area contributed by atoms with Crippen LogP contribution in [0.1, 0.15) is 18.8 Å². The Morgan fingerprint density at radius 2 is 2.25 bits per heavy atom. The van der Waals surface area contributed by atoms with E-state index in [1.54, 1.807) is 12.3 Å². The van der Waals surface area contributed by atoms with Crippen LogP contribution in [0.4, 0.5) is 4.39 Å². The van der Waals surface area contributed by atoms with Crippen molar-refractivity contribution in [1.29, 1.82) is 0 Å². The highest BCUT2D eigenvalue weighted by atomic mass is 19.1. The van der Waals surface area contributed by atoms with Crippen LogP contribution in [0, 0.1) is 0 Å². The highest BCUT2D eigenvalue weighted by molar-refractivity contribution is 5.74. The molecular weight excluding hydrogens is 155 g/mol. The molecule has 1 unspecified atom stereocenters. The Labute approximate surface area is 69.4 Å². The van der Waals surface area contributed by atoms with E-state index in [0.29, 0.717) is 5.69 Å². The third-order valence-electron chi connectivity index (χ3n) is 1.83. The Morgan fingerprint density at radius 3 is 3.00 bits per heavy atom. The Kier molecular flexibility index (Phi) is 1.57. The van der Waals surface area contributed by atoms with Gasteiger partial charge >= 0.3 is 0 Å². The molecule has 0 aliphatic rings. The van der Waals surface area contributed by atoms with Crippen LogP contribution in [0.3, 0.4) is 0 Å². The summed E-state index contributed by atoms with van der Waals surface area (Å²) in [6, 6.07) is 5.37. The summed E-state index contributed by atoms with van der Waals surface area (Å²) in [7, 11) is 0. The van der Waals surface area contributed by atoms with Crippen molar-refractivity contribution in [3.8, 4) is 0 Å². The molecule has 62 valence electrons. The van der Waals surface area contributed by atoms with Gasteiger partial charge in [0.1, 0.15) is 6.17 Å². The van der Waals surface area contributed by atoms with Gasteiger partial charge in [0.15, 0.2) is 0 Å². The van der Waals surface area contributed by atoms with E-state index in [1.807, 2.05) is 12.1 Å². The molecule has 0 bridgehead atoms. The zero-order chi connectivity index (χ0) is 8.55. The number of pyridine rings is 1. The number of aromatic nitrogens is 2. The van der Waals surface area contributed by atoms with E-state index in [4.69, 9.17) is 0 Å². The molecule has 0 aliphatic carbocycles. The second-order valence-electron chi connectivity index (χ2n) is 2.76. The third kappa shape index (κ3) is 1.07. The van der Waals surface area contributed by atoms with Crippen LogP contribution in [0.25, 0.3) is 11.0 Å². The maximum absolute atomic E-state index is 12.8. The summed E-state index contributed by atoms with van der Waals surface area (Å²) < 4.78 is 12.8. The van der Waals surface area contributed by atoms with Gasteiger partial charge in [-0.3, -0.25) is 0 Å². The summed E-state index contributed by atoms with van der Waals surface area (Å²) in [4.78, 5) is 7.13. The van der Waals surface area contributed by atoms with Crippen molar-refractivity contribution in [2.45, 2.75) is 13.1 Å². The molecule has 2 aromatic heterocycles. The number of aromatic amines is 1. The van der Waals surface area contributed by atoms with Crippen molar-refractivity contribution in [1.82, 2.24) is 9.97 Å². The van der Waals surface area contributed by atoms with Gasteiger partial charge in [-0.1, -0.05) is 0 Å². The number of nitrogens with zero attached hydrogens (tertiary/aromatic N) is 1. The second kappa shape index (κ2) is 2.59. The first-order chi connectivity index (χ1) is 5.77. The number of H-pyrrole nitrogens is 1. The van der Waals surface area contributed by atoms with Gasteiger partial charge in [-0.2, -0.15) is 0 Å². The molecule has 1 N–H and O–H groups in total. The Morgan fingerprint density at radius 1 is 1.42 bits per heavy atom. The predicted octanol–water partition coefficient (Wildman–Crippen LogP) is 2.59. The number of halogens is 1. The van der Waals surface area contributed by atoms with Crippen molar-refractivity contribution in [3.05, 3.63) is 30.1 Å². The topological polar surface area (TPSA) is 28.7 Å². The van der Waals surface area contributed by atoms with Crippen LogP contribution in [-0.4, -0.2) is 9.97 Å². The largest absolute Gasteiger partial charge is 0.360 e. The lowest BCUT2D eigenvalue weighted by Gasteiger charge is -1.99. The molecular formula is C9H9FN2. The molecule has 12 heavy (non-hydrogen) atoms. The van der Waals surface area contributed by atoms with E-state index in [9.17, 15) is 4.39 Å². The number of rotatable bonds is 1. The Balaban J connectivity index is 2.60. The van der Waals surface area contributed by atoms with Crippen LogP contribution < -0.4 is 0 Å². The number of fused-ring (bicyclic) bond motifs is 1. The molecule has 2 heterocycles. The van der Waals surface area contributed by atoms with Crippen molar-refractivity contribution in [2.75, 3.05) is 0 Å². The maximum Gasteiger partial charge on any atom is 0.139 e.